The quantitative estimate of drug-likeness (QED) is 0.838. The molecule has 0 aliphatic heterocycles. The summed E-state index contributed by atoms with van der Waals surface area (Å²) in [6.07, 6.45) is 2.23. The van der Waals surface area contributed by atoms with Crippen molar-refractivity contribution in [3.8, 4) is 5.75 Å². The lowest BCUT2D eigenvalue weighted by Crippen LogP contribution is -2.48. The van der Waals surface area contributed by atoms with E-state index in [1.54, 1.807) is 7.11 Å². The summed E-state index contributed by atoms with van der Waals surface area (Å²) in [6.45, 7) is 0.932. The Labute approximate surface area is 97.2 Å². The molecule has 0 spiro atoms. The topological polar surface area (TPSA) is 38.5 Å². The second-order valence-corrected chi connectivity index (χ2v) is 4.61. The van der Waals surface area contributed by atoms with Crippen LogP contribution in [-0.2, 0) is 6.54 Å². The van der Waals surface area contributed by atoms with Crippen molar-refractivity contribution in [2.24, 2.45) is 5.73 Å². The minimum Gasteiger partial charge on any atom is -0.496 e. The van der Waals surface area contributed by atoms with E-state index in [1.807, 2.05) is 12.1 Å². The van der Waals surface area contributed by atoms with Crippen molar-refractivity contribution in [3.63, 3.8) is 0 Å². The molecule has 1 aromatic carbocycles. The largest absolute Gasteiger partial charge is 0.496 e. The third-order valence-corrected chi connectivity index (χ3v) is 3.39. The first-order chi connectivity index (χ1) is 7.70. The first-order valence-electron chi connectivity index (χ1n) is 5.78. The van der Waals surface area contributed by atoms with Gasteiger partial charge in [-0.25, -0.2) is 0 Å². The van der Waals surface area contributed by atoms with Gasteiger partial charge in [-0.15, -0.1) is 0 Å². The van der Waals surface area contributed by atoms with Gasteiger partial charge in [0.1, 0.15) is 5.75 Å². The van der Waals surface area contributed by atoms with Crippen molar-refractivity contribution >= 4 is 0 Å². The molecule has 16 heavy (non-hydrogen) atoms. The highest BCUT2D eigenvalue weighted by Crippen LogP contribution is 2.26. The molecule has 1 saturated carbocycles. The lowest BCUT2D eigenvalue weighted by molar-refractivity contribution is 0.131. The number of nitrogens with two attached hydrogens (primary N) is 1. The zero-order valence-electron chi connectivity index (χ0n) is 10.0. The van der Waals surface area contributed by atoms with Crippen LogP contribution in [0.4, 0.5) is 0 Å². The summed E-state index contributed by atoms with van der Waals surface area (Å²) < 4.78 is 5.35. The van der Waals surface area contributed by atoms with Gasteiger partial charge >= 0.3 is 0 Å². The molecule has 1 aromatic rings. The van der Waals surface area contributed by atoms with Gasteiger partial charge in [-0.3, -0.25) is 4.90 Å². The normalized spacial score (nSPS) is 24.2. The number of rotatable bonds is 4. The molecule has 3 heteroatoms. The molecule has 3 nitrogen and oxygen atoms in total. The fourth-order valence-electron chi connectivity index (χ4n) is 2.22. The van der Waals surface area contributed by atoms with Gasteiger partial charge in [-0.1, -0.05) is 18.2 Å². The van der Waals surface area contributed by atoms with E-state index in [9.17, 15) is 0 Å². The summed E-state index contributed by atoms with van der Waals surface area (Å²) in [6, 6.07) is 9.23. The van der Waals surface area contributed by atoms with E-state index in [1.165, 1.54) is 5.56 Å². The van der Waals surface area contributed by atoms with Gasteiger partial charge in [0, 0.05) is 24.2 Å². The molecule has 2 rings (SSSR count). The molecule has 88 valence electrons. The molecule has 1 fully saturated rings. The van der Waals surface area contributed by atoms with Crippen LogP contribution in [0.3, 0.4) is 0 Å². The van der Waals surface area contributed by atoms with Crippen molar-refractivity contribution in [3.05, 3.63) is 29.8 Å². The highest BCUT2D eigenvalue weighted by molar-refractivity contribution is 5.33. The Kier molecular flexibility index (Phi) is 3.46. The maximum Gasteiger partial charge on any atom is 0.123 e. The molecule has 1 aliphatic carbocycles. The number of benzene rings is 1. The Morgan fingerprint density at radius 3 is 2.69 bits per heavy atom. The van der Waals surface area contributed by atoms with E-state index in [2.05, 4.69) is 24.1 Å². The average Bonchev–Trinajstić information content (AvgIpc) is 2.25. The van der Waals surface area contributed by atoms with Crippen LogP contribution in [0.2, 0.25) is 0 Å². The van der Waals surface area contributed by atoms with E-state index < -0.39 is 0 Å². The smallest absolute Gasteiger partial charge is 0.123 e. The molecule has 0 saturated heterocycles. The minimum absolute atomic E-state index is 0.408. The molecule has 1 aliphatic rings. The summed E-state index contributed by atoms with van der Waals surface area (Å²) in [5.74, 6) is 0.970. The van der Waals surface area contributed by atoms with Crippen LogP contribution < -0.4 is 10.5 Å². The van der Waals surface area contributed by atoms with Gasteiger partial charge in [-0.2, -0.15) is 0 Å². The van der Waals surface area contributed by atoms with E-state index >= 15 is 0 Å². The van der Waals surface area contributed by atoms with Crippen molar-refractivity contribution < 1.29 is 4.74 Å². The monoisotopic (exact) mass is 220 g/mol. The fourth-order valence-corrected chi connectivity index (χ4v) is 2.22. The van der Waals surface area contributed by atoms with Crippen LogP contribution in [0.15, 0.2) is 24.3 Å². The van der Waals surface area contributed by atoms with Gasteiger partial charge in [0.15, 0.2) is 0 Å². The molecule has 0 heterocycles. The Balaban J connectivity index is 1.97. The molecule has 0 bridgehead atoms. The zero-order chi connectivity index (χ0) is 11.5. The van der Waals surface area contributed by atoms with Crippen molar-refractivity contribution in [2.75, 3.05) is 14.2 Å². The number of hydrogen-bond donors (Lipinski definition) is 1. The van der Waals surface area contributed by atoms with Crippen LogP contribution in [0.25, 0.3) is 0 Å². The van der Waals surface area contributed by atoms with Crippen LogP contribution in [0, 0.1) is 0 Å². The molecule has 0 atom stereocenters. The van der Waals surface area contributed by atoms with E-state index in [4.69, 9.17) is 10.5 Å². The average molecular weight is 220 g/mol. The molecule has 2 N–H and O–H groups in total. The predicted molar refractivity (Wildman–Crippen MR) is 65.5 cm³/mol. The van der Waals surface area contributed by atoms with Crippen LogP contribution in [-0.4, -0.2) is 31.1 Å². The lowest BCUT2D eigenvalue weighted by Gasteiger charge is -2.39. The second kappa shape index (κ2) is 4.85. The Morgan fingerprint density at radius 1 is 1.38 bits per heavy atom. The Bertz CT molecular complexity index is 348. The first kappa shape index (κ1) is 11.4. The summed E-state index contributed by atoms with van der Waals surface area (Å²) >= 11 is 0. The molecule has 0 aromatic heterocycles. The summed E-state index contributed by atoms with van der Waals surface area (Å²) in [7, 11) is 3.88. The zero-order valence-corrected chi connectivity index (χ0v) is 10.0. The summed E-state index contributed by atoms with van der Waals surface area (Å²) in [5, 5.41) is 0. The van der Waals surface area contributed by atoms with Crippen LogP contribution >= 0.6 is 0 Å². The van der Waals surface area contributed by atoms with Crippen molar-refractivity contribution in [2.45, 2.75) is 31.5 Å². The van der Waals surface area contributed by atoms with Gasteiger partial charge in [0.05, 0.1) is 7.11 Å². The number of methoxy groups -OCH3 is 1. The lowest BCUT2D eigenvalue weighted by atomic mass is 9.86. The highest BCUT2D eigenvalue weighted by Gasteiger charge is 2.29. The summed E-state index contributed by atoms with van der Waals surface area (Å²) in [4.78, 5) is 2.36. The third kappa shape index (κ3) is 2.36. The van der Waals surface area contributed by atoms with Crippen LogP contribution in [0.5, 0.6) is 5.75 Å². The molecule has 0 unspecified atom stereocenters. The van der Waals surface area contributed by atoms with Crippen molar-refractivity contribution in [1.82, 2.24) is 4.90 Å². The number of hydrogen-bond acceptors (Lipinski definition) is 3. The summed E-state index contributed by atoms with van der Waals surface area (Å²) in [5.41, 5.74) is 7.05. The SMILES string of the molecule is COc1ccccc1CN(C)C1CC(N)C1. The molecular weight excluding hydrogens is 200 g/mol. The first-order valence-corrected chi connectivity index (χ1v) is 5.78. The van der Waals surface area contributed by atoms with E-state index in [-0.39, 0.29) is 0 Å². The predicted octanol–water partition coefficient (Wildman–Crippen LogP) is 1.62. The standard InChI is InChI=1S/C13H20N2O/c1-15(12-7-11(14)8-12)9-10-5-3-4-6-13(10)16-2/h3-6,11-12H,7-9,14H2,1-2H3. The van der Waals surface area contributed by atoms with Crippen molar-refractivity contribution in [1.29, 1.82) is 0 Å². The van der Waals surface area contributed by atoms with Gasteiger partial charge in [-0.05, 0) is 26.0 Å². The maximum atomic E-state index is 5.80. The number of para-hydroxylation sites is 1. The fraction of sp³-hybridized carbons (Fsp3) is 0.538. The van der Waals surface area contributed by atoms with Gasteiger partial charge in [0.2, 0.25) is 0 Å². The van der Waals surface area contributed by atoms with Gasteiger partial charge < -0.3 is 10.5 Å². The maximum absolute atomic E-state index is 5.80. The highest BCUT2D eigenvalue weighted by atomic mass is 16.5. The Hall–Kier alpha value is -1.06. The Morgan fingerprint density at radius 2 is 2.06 bits per heavy atom. The van der Waals surface area contributed by atoms with Crippen LogP contribution in [0.1, 0.15) is 18.4 Å². The van der Waals surface area contributed by atoms with E-state index in [0.717, 1.165) is 25.1 Å². The molecule has 0 amide bonds. The number of ether oxygens (including phenoxy) is 1. The molecule has 0 radical (unpaired) electrons. The second-order valence-electron chi connectivity index (χ2n) is 4.61. The number of nitrogens with zero attached hydrogens (tertiary/aromatic N) is 1. The van der Waals surface area contributed by atoms with Gasteiger partial charge in [0.25, 0.3) is 0 Å². The third-order valence-electron chi connectivity index (χ3n) is 3.39. The van der Waals surface area contributed by atoms with E-state index in [0.29, 0.717) is 12.1 Å². The minimum atomic E-state index is 0.408. The molecular formula is C13H20N2O.